The van der Waals surface area contributed by atoms with Crippen LogP contribution in [0.2, 0.25) is 0 Å². The van der Waals surface area contributed by atoms with Crippen LogP contribution in [0.4, 0.5) is 0 Å². The summed E-state index contributed by atoms with van der Waals surface area (Å²) < 4.78 is 10.4. The van der Waals surface area contributed by atoms with Gasteiger partial charge < -0.3 is 13.8 Å². The van der Waals surface area contributed by atoms with Gasteiger partial charge in [0.05, 0.1) is 18.0 Å². The Balaban J connectivity index is 1.62. The van der Waals surface area contributed by atoms with Crippen LogP contribution in [0.1, 0.15) is 41.6 Å². The van der Waals surface area contributed by atoms with Crippen LogP contribution in [0.5, 0.6) is 0 Å². The van der Waals surface area contributed by atoms with Gasteiger partial charge in [0.1, 0.15) is 18.0 Å². The molecule has 4 rings (SSSR count). The number of furan rings is 1. The molecule has 0 spiro atoms. The smallest absolute Gasteiger partial charge is 0.257 e. The predicted molar refractivity (Wildman–Crippen MR) is 81.7 cm³/mol. The Morgan fingerprint density at radius 2 is 2.25 bits per heavy atom. The predicted octanol–water partition coefficient (Wildman–Crippen LogP) is 2.49. The Labute approximate surface area is 137 Å². The molecule has 1 amide bonds. The first-order chi connectivity index (χ1) is 11.8. The van der Waals surface area contributed by atoms with Gasteiger partial charge in [-0.25, -0.2) is 4.98 Å². The second-order valence-electron chi connectivity index (χ2n) is 5.57. The van der Waals surface area contributed by atoms with E-state index in [-0.39, 0.29) is 11.9 Å². The zero-order chi connectivity index (χ0) is 16.4. The molecule has 8 nitrogen and oxygen atoms in total. The topological polar surface area (TPSA) is 98.2 Å². The number of rotatable bonds is 3. The second-order valence-corrected chi connectivity index (χ2v) is 5.57. The lowest BCUT2D eigenvalue weighted by Crippen LogP contribution is -2.38. The molecule has 122 valence electrons. The fourth-order valence-electron chi connectivity index (χ4n) is 2.87. The molecule has 1 unspecified atom stereocenters. The van der Waals surface area contributed by atoms with Crippen molar-refractivity contribution < 1.29 is 13.7 Å². The minimum atomic E-state index is -0.237. The standard InChI is InChI=1S/C16H15N5O3/c22-16(11-4-8-23-10-11)21-7-2-1-3-13(21)15-19-14(20-24-15)12-9-17-5-6-18-12/h4-6,8-10,13H,1-3,7H2. The van der Waals surface area contributed by atoms with Crippen molar-refractivity contribution >= 4 is 5.91 Å². The van der Waals surface area contributed by atoms with Crippen molar-refractivity contribution in [3.05, 3.63) is 48.6 Å². The highest BCUT2D eigenvalue weighted by Crippen LogP contribution is 2.32. The first kappa shape index (κ1) is 14.6. The Morgan fingerprint density at radius 1 is 1.29 bits per heavy atom. The number of likely N-dealkylation sites (tertiary alicyclic amines) is 1. The maximum Gasteiger partial charge on any atom is 0.257 e. The maximum absolute atomic E-state index is 12.7. The first-order valence-corrected chi connectivity index (χ1v) is 7.76. The van der Waals surface area contributed by atoms with Gasteiger partial charge in [-0.15, -0.1) is 0 Å². The summed E-state index contributed by atoms with van der Waals surface area (Å²) in [6, 6.07) is 1.42. The summed E-state index contributed by atoms with van der Waals surface area (Å²) in [7, 11) is 0. The van der Waals surface area contributed by atoms with E-state index in [2.05, 4.69) is 20.1 Å². The Hall–Kier alpha value is -3.03. The summed E-state index contributed by atoms with van der Waals surface area (Å²) in [5, 5.41) is 3.97. The van der Waals surface area contributed by atoms with E-state index in [0.29, 0.717) is 29.5 Å². The molecule has 1 fully saturated rings. The van der Waals surface area contributed by atoms with Gasteiger partial charge in [0.25, 0.3) is 5.91 Å². The average molecular weight is 325 g/mol. The molecule has 0 bridgehead atoms. The van der Waals surface area contributed by atoms with Crippen molar-refractivity contribution in [1.29, 1.82) is 0 Å². The molecule has 1 aliphatic heterocycles. The zero-order valence-corrected chi connectivity index (χ0v) is 12.8. The molecule has 0 aliphatic carbocycles. The van der Waals surface area contributed by atoms with Crippen LogP contribution in [0.3, 0.4) is 0 Å². The number of aromatic nitrogens is 4. The third-order valence-corrected chi connectivity index (χ3v) is 4.05. The Kier molecular flexibility index (Phi) is 3.78. The Bertz CT molecular complexity index is 815. The van der Waals surface area contributed by atoms with Crippen LogP contribution >= 0.6 is 0 Å². The van der Waals surface area contributed by atoms with E-state index in [1.807, 2.05) is 0 Å². The number of piperidine rings is 1. The van der Waals surface area contributed by atoms with E-state index in [1.165, 1.54) is 12.5 Å². The molecule has 4 heterocycles. The van der Waals surface area contributed by atoms with E-state index in [1.54, 1.807) is 29.6 Å². The largest absolute Gasteiger partial charge is 0.472 e. The number of hydrogen-bond acceptors (Lipinski definition) is 7. The molecule has 3 aromatic rings. The molecular weight excluding hydrogens is 310 g/mol. The number of carbonyl (C=O) groups is 1. The molecule has 3 aromatic heterocycles. The molecular formula is C16H15N5O3. The summed E-state index contributed by atoms with van der Waals surface area (Å²) in [6.45, 7) is 0.650. The molecule has 0 saturated carbocycles. The highest BCUT2D eigenvalue weighted by molar-refractivity contribution is 5.94. The molecule has 1 aliphatic rings. The van der Waals surface area contributed by atoms with E-state index >= 15 is 0 Å². The number of amides is 1. The lowest BCUT2D eigenvalue weighted by atomic mass is 10.0. The highest BCUT2D eigenvalue weighted by Gasteiger charge is 2.33. The van der Waals surface area contributed by atoms with Gasteiger partial charge in [-0.2, -0.15) is 4.98 Å². The van der Waals surface area contributed by atoms with Gasteiger partial charge >= 0.3 is 0 Å². The number of nitrogens with zero attached hydrogens (tertiary/aromatic N) is 5. The van der Waals surface area contributed by atoms with Crippen molar-refractivity contribution in [1.82, 2.24) is 25.0 Å². The molecule has 1 saturated heterocycles. The summed E-state index contributed by atoms with van der Waals surface area (Å²) in [5.41, 5.74) is 1.06. The third-order valence-electron chi connectivity index (χ3n) is 4.05. The van der Waals surface area contributed by atoms with Gasteiger partial charge in [0.2, 0.25) is 11.7 Å². The highest BCUT2D eigenvalue weighted by atomic mass is 16.5. The van der Waals surface area contributed by atoms with Crippen LogP contribution in [-0.2, 0) is 0 Å². The molecule has 0 N–H and O–H groups in total. The van der Waals surface area contributed by atoms with Crippen molar-refractivity contribution in [3.8, 4) is 11.5 Å². The summed E-state index contributed by atoms with van der Waals surface area (Å²) in [6.07, 6.45) is 10.4. The molecule has 24 heavy (non-hydrogen) atoms. The minimum absolute atomic E-state index is 0.0901. The van der Waals surface area contributed by atoms with Gasteiger partial charge in [0.15, 0.2) is 0 Å². The fraction of sp³-hybridized carbons (Fsp3) is 0.312. The lowest BCUT2D eigenvalue weighted by Gasteiger charge is -2.33. The number of hydrogen-bond donors (Lipinski definition) is 0. The van der Waals surface area contributed by atoms with Gasteiger partial charge in [-0.3, -0.25) is 9.78 Å². The van der Waals surface area contributed by atoms with Crippen LogP contribution in [0.25, 0.3) is 11.5 Å². The van der Waals surface area contributed by atoms with E-state index < -0.39 is 0 Å². The van der Waals surface area contributed by atoms with Crippen molar-refractivity contribution in [2.75, 3.05) is 6.54 Å². The minimum Gasteiger partial charge on any atom is -0.472 e. The average Bonchev–Trinajstić information content (AvgIpc) is 3.34. The van der Waals surface area contributed by atoms with E-state index in [9.17, 15) is 4.79 Å². The van der Waals surface area contributed by atoms with Crippen LogP contribution in [-0.4, -0.2) is 37.5 Å². The SMILES string of the molecule is O=C(c1ccoc1)N1CCCCC1c1nc(-c2cnccn2)no1. The number of carbonyl (C=O) groups excluding carboxylic acids is 1. The summed E-state index contributed by atoms with van der Waals surface area (Å²) in [4.78, 5) is 27.0. The second kappa shape index (κ2) is 6.23. The molecule has 8 heteroatoms. The van der Waals surface area contributed by atoms with Crippen LogP contribution < -0.4 is 0 Å². The van der Waals surface area contributed by atoms with Gasteiger partial charge in [0, 0.05) is 18.9 Å². The third kappa shape index (κ3) is 2.66. The fourth-order valence-corrected chi connectivity index (χ4v) is 2.87. The Morgan fingerprint density at radius 3 is 3.04 bits per heavy atom. The summed E-state index contributed by atoms with van der Waals surface area (Å²) >= 11 is 0. The molecule has 0 radical (unpaired) electrons. The van der Waals surface area contributed by atoms with Crippen molar-refractivity contribution in [2.45, 2.75) is 25.3 Å². The monoisotopic (exact) mass is 325 g/mol. The normalized spacial score (nSPS) is 17.8. The van der Waals surface area contributed by atoms with E-state index in [0.717, 1.165) is 19.3 Å². The van der Waals surface area contributed by atoms with Crippen molar-refractivity contribution in [3.63, 3.8) is 0 Å². The first-order valence-electron chi connectivity index (χ1n) is 7.76. The maximum atomic E-state index is 12.7. The molecule has 1 atom stereocenters. The van der Waals surface area contributed by atoms with Crippen LogP contribution in [0.15, 0.2) is 46.1 Å². The van der Waals surface area contributed by atoms with Gasteiger partial charge in [-0.05, 0) is 25.3 Å². The lowest BCUT2D eigenvalue weighted by molar-refractivity contribution is 0.0560. The van der Waals surface area contributed by atoms with Crippen LogP contribution in [0, 0.1) is 0 Å². The molecule has 0 aromatic carbocycles. The quantitative estimate of drug-likeness (QED) is 0.729. The summed E-state index contributed by atoms with van der Waals surface area (Å²) in [5.74, 6) is 0.708. The van der Waals surface area contributed by atoms with Gasteiger partial charge in [-0.1, -0.05) is 5.16 Å². The van der Waals surface area contributed by atoms with E-state index in [4.69, 9.17) is 8.94 Å². The zero-order valence-electron chi connectivity index (χ0n) is 12.8. The van der Waals surface area contributed by atoms with Crippen molar-refractivity contribution in [2.24, 2.45) is 0 Å².